The third-order valence-corrected chi connectivity index (χ3v) is 5.46. The summed E-state index contributed by atoms with van der Waals surface area (Å²) < 4.78 is 32.5. The predicted octanol–water partition coefficient (Wildman–Crippen LogP) is 2.07. The standard InChI is InChI=1S/C14H20ClNO4S/c15-13-6-5-11(10-17)9-14(13)21(18,19)16-7-8-20-12-3-1-2-4-12/h5-6,9,12,16-17H,1-4,7-8,10H2. The van der Waals surface area contributed by atoms with Gasteiger partial charge in [0.2, 0.25) is 10.0 Å². The molecule has 7 heteroatoms. The van der Waals surface area contributed by atoms with Crippen molar-refractivity contribution in [1.29, 1.82) is 0 Å². The molecule has 0 saturated heterocycles. The second kappa shape index (κ2) is 7.56. The average molecular weight is 334 g/mol. The van der Waals surface area contributed by atoms with E-state index < -0.39 is 10.0 Å². The van der Waals surface area contributed by atoms with Crippen LogP contribution in [0.25, 0.3) is 0 Å². The van der Waals surface area contributed by atoms with Crippen molar-refractivity contribution in [3.8, 4) is 0 Å². The highest BCUT2D eigenvalue weighted by atomic mass is 35.5. The summed E-state index contributed by atoms with van der Waals surface area (Å²) in [5.41, 5.74) is 0.502. The lowest BCUT2D eigenvalue weighted by Gasteiger charge is -2.12. The average Bonchev–Trinajstić information content (AvgIpc) is 2.97. The van der Waals surface area contributed by atoms with Crippen molar-refractivity contribution in [3.63, 3.8) is 0 Å². The van der Waals surface area contributed by atoms with Gasteiger partial charge in [0.05, 0.1) is 24.3 Å². The number of rotatable bonds is 7. The zero-order valence-corrected chi connectivity index (χ0v) is 13.3. The fourth-order valence-corrected chi connectivity index (χ4v) is 3.95. The van der Waals surface area contributed by atoms with Crippen LogP contribution in [0.3, 0.4) is 0 Å². The van der Waals surface area contributed by atoms with Gasteiger partial charge in [-0.2, -0.15) is 0 Å². The van der Waals surface area contributed by atoms with Gasteiger partial charge in [0.15, 0.2) is 0 Å². The van der Waals surface area contributed by atoms with Gasteiger partial charge in [0, 0.05) is 6.54 Å². The highest BCUT2D eigenvalue weighted by molar-refractivity contribution is 7.89. The normalized spacial score (nSPS) is 16.5. The Morgan fingerprint density at radius 1 is 1.33 bits per heavy atom. The first kappa shape index (κ1) is 16.7. The number of hydrogen-bond acceptors (Lipinski definition) is 4. The molecule has 2 N–H and O–H groups in total. The van der Waals surface area contributed by atoms with E-state index in [1.54, 1.807) is 6.07 Å². The Kier molecular flexibility index (Phi) is 6.01. The summed E-state index contributed by atoms with van der Waals surface area (Å²) in [5, 5.41) is 9.21. The van der Waals surface area contributed by atoms with E-state index in [2.05, 4.69) is 4.72 Å². The number of sulfonamides is 1. The maximum Gasteiger partial charge on any atom is 0.242 e. The van der Waals surface area contributed by atoms with Crippen LogP contribution in [-0.2, 0) is 21.4 Å². The van der Waals surface area contributed by atoms with Gasteiger partial charge in [-0.3, -0.25) is 0 Å². The highest BCUT2D eigenvalue weighted by Gasteiger charge is 2.19. The zero-order chi connectivity index (χ0) is 15.3. The van der Waals surface area contributed by atoms with Crippen LogP contribution >= 0.6 is 11.6 Å². The van der Waals surface area contributed by atoms with E-state index in [9.17, 15) is 8.42 Å². The van der Waals surface area contributed by atoms with E-state index in [-0.39, 0.29) is 29.2 Å². The van der Waals surface area contributed by atoms with Gasteiger partial charge in [0.25, 0.3) is 0 Å². The Morgan fingerprint density at radius 3 is 2.71 bits per heavy atom. The molecule has 1 aromatic rings. The van der Waals surface area contributed by atoms with Crippen molar-refractivity contribution in [2.24, 2.45) is 0 Å². The number of benzene rings is 1. The van der Waals surface area contributed by atoms with Crippen molar-refractivity contribution in [3.05, 3.63) is 28.8 Å². The molecule has 5 nitrogen and oxygen atoms in total. The number of ether oxygens (including phenoxy) is 1. The summed E-state index contributed by atoms with van der Waals surface area (Å²) in [6.45, 7) is 0.324. The summed E-state index contributed by atoms with van der Waals surface area (Å²) in [6, 6.07) is 4.43. The molecular weight excluding hydrogens is 314 g/mol. The van der Waals surface area contributed by atoms with Gasteiger partial charge in [-0.05, 0) is 30.5 Å². The van der Waals surface area contributed by atoms with E-state index in [0.717, 1.165) is 12.8 Å². The Hall–Kier alpha value is -0.660. The number of nitrogens with one attached hydrogen (secondary N) is 1. The molecule has 0 aliphatic heterocycles. The molecule has 1 aliphatic rings. The lowest BCUT2D eigenvalue weighted by atomic mass is 10.2. The highest BCUT2D eigenvalue weighted by Crippen LogP contribution is 2.23. The van der Waals surface area contributed by atoms with Crippen molar-refractivity contribution in [1.82, 2.24) is 4.72 Å². The summed E-state index contributed by atoms with van der Waals surface area (Å²) in [7, 11) is -3.69. The minimum absolute atomic E-state index is 0.0171. The van der Waals surface area contributed by atoms with Crippen LogP contribution in [0.5, 0.6) is 0 Å². The summed E-state index contributed by atoms with van der Waals surface area (Å²) >= 11 is 5.92. The maximum absolute atomic E-state index is 12.2. The van der Waals surface area contributed by atoms with E-state index in [1.165, 1.54) is 25.0 Å². The van der Waals surface area contributed by atoms with Crippen LogP contribution < -0.4 is 4.72 Å². The van der Waals surface area contributed by atoms with Crippen LogP contribution in [0.15, 0.2) is 23.1 Å². The molecule has 21 heavy (non-hydrogen) atoms. The third kappa shape index (κ3) is 4.66. The second-order valence-electron chi connectivity index (χ2n) is 5.10. The van der Waals surface area contributed by atoms with Crippen LogP contribution in [0.1, 0.15) is 31.2 Å². The van der Waals surface area contributed by atoms with Gasteiger partial charge in [-0.15, -0.1) is 0 Å². The summed E-state index contributed by atoms with van der Waals surface area (Å²) in [6.07, 6.45) is 4.73. The van der Waals surface area contributed by atoms with E-state index in [0.29, 0.717) is 12.2 Å². The largest absolute Gasteiger partial charge is 0.392 e. The first-order valence-electron chi connectivity index (χ1n) is 7.03. The molecule has 1 aliphatic carbocycles. The molecular formula is C14H20ClNO4S. The lowest BCUT2D eigenvalue weighted by Crippen LogP contribution is -2.29. The first-order chi connectivity index (χ1) is 10.0. The van der Waals surface area contributed by atoms with E-state index in [4.69, 9.17) is 21.4 Å². The van der Waals surface area contributed by atoms with Crippen LogP contribution in [-0.4, -0.2) is 32.8 Å². The molecule has 0 heterocycles. The van der Waals surface area contributed by atoms with Gasteiger partial charge in [-0.25, -0.2) is 13.1 Å². The minimum Gasteiger partial charge on any atom is -0.392 e. The van der Waals surface area contributed by atoms with Gasteiger partial charge in [-0.1, -0.05) is 30.5 Å². The lowest BCUT2D eigenvalue weighted by molar-refractivity contribution is 0.0626. The topological polar surface area (TPSA) is 75.6 Å². The molecule has 0 spiro atoms. The molecule has 0 aromatic heterocycles. The number of hydrogen-bond donors (Lipinski definition) is 2. The van der Waals surface area contributed by atoms with Crippen molar-refractivity contribution in [2.45, 2.75) is 43.3 Å². The van der Waals surface area contributed by atoms with Crippen LogP contribution in [0.4, 0.5) is 0 Å². The van der Waals surface area contributed by atoms with E-state index in [1.807, 2.05) is 0 Å². The van der Waals surface area contributed by atoms with Gasteiger partial charge < -0.3 is 9.84 Å². The zero-order valence-electron chi connectivity index (χ0n) is 11.7. The predicted molar refractivity (Wildman–Crippen MR) is 80.8 cm³/mol. The first-order valence-corrected chi connectivity index (χ1v) is 8.89. The Labute approximate surface area is 130 Å². The molecule has 118 valence electrons. The smallest absolute Gasteiger partial charge is 0.242 e. The minimum atomic E-state index is -3.69. The van der Waals surface area contributed by atoms with Gasteiger partial charge >= 0.3 is 0 Å². The van der Waals surface area contributed by atoms with E-state index >= 15 is 0 Å². The quantitative estimate of drug-likeness (QED) is 0.749. The molecule has 1 fully saturated rings. The number of halogens is 1. The molecule has 0 bridgehead atoms. The van der Waals surface area contributed by atoms with Crippen LogP contribution in [0, 0.1) is 0 Å². The molecule has 1 aromatic carbocycles. The molecule has 2 rings (SSSR count). The maximum atomic E-state index is 12.2. The molecule has 1 saturated carbocycles. The monoisotopic (exact) mass is 333 g/mol. The van der Waals surface area contributed by atoms with Crippen molar-refractivity contribution >= 4 is 21.6 Å². The Bertz CT molecular complexity index is 570. The SMILES string of the molecule is O=S(=O)(NCCOC1CCCC1)c1cc(CO)ccc1Cl. The Balaban J connectivity index is 1.91. The third-order valence-electron chi connectivity index (χ3n) is 3.52. The van der Waals surface area contributed by atoms with Crippen LogP contribution in [0.2, 0.25) is 5.02 Å². The number of aliphatic hydroxyl groups is 1. The Morgan fingerprint density at radius 2 is 2.05 bits per heavy atom. The van der Waals surface area contributed by atoms with Crippen molar-refractivity contribution in [2.75, 3.05) is 13.2 Å². The fraction of sp³-hybridized carbons (Fsp3) is 0.571. The van der Waals surface area contributed by atoms with Gasteiger partial charge in [0.1, 0.15) is 4.90 Å². The number of aliphatic hydroxyl groups excluding tert-OH is 1. The molecule has 0 unspecified atom stereocenters. The molecule has 0 amide bonds. The molecule has 0 atom stereocenters. The molecule has 0 radical (unpaired) electrons. The summed E-state index contributed by atoms with van der Waals surface area (Å²) in [5.74, 6) is 0. The summed E-state index contributed by atoms with van der Waals surface area (Å²) in [4.78, 5) is -0.0171. The fourth-order valence-electron chi connectivity index (χ4n) is 2.39. The van der Waals surface area contributed by atoms with Crippen molar-refractivity contribution < 1.29 is 18.3 Å². The second-order valence-corrected chi connectivity index (χ2v) is 7.24.